The molecular weight excluding hydrogens is 288 g/mol. The molecule has 2 atom stereocenters. The Morgan fingerprint density at radius 1 is 1.00 bits per heavy atom. The smallest absolute Gasteiger partial charge is 0.303 e. The summed E-state index contributed by atoms with van der Waals surface area (Å²) in [6.07, 6.45) is 23.8. The largest absolute Gasteiger partial charge is 0.481 e. The van der Waals surface area contributed by atoms with Crippen LogP contribution in [-0.4, -0.2) is 23.3 Å². The van der Waals surface area contributed by atoms with Crippen LogP contribution in [0, 0.1) is 0 Å². The summed E-state index contributed by atoms with van der Waals surface area (Å²) in [5.74, 6) is -0.713. The molecule has 0 spiro atoms. The lowest BCUT2D eigenvalue weighted by Gasteiger charge is -1.91. The van der Waals surface area contributed by atoms with E-state index in [9.17, 15) is 4.79 Å². The molecule has 1 aliphatic heterocycles. The summed E-state index contributed by atoms with van der Waals surface area (Å²) in [7, 11) is 0. The lowest BCUT2D eigenvalue weighted by Crippen LogP contribution is -1.92. The molecule has 1 N–H and O–H groups in total. The molecule has 0 radical (unpaired) electrons. The third-order valence-electron chi connectivity index (χ3n) is 3.91. The zero-order chi connectivity index (χ0) is 16.8. The molecule has 1 fully saturated rings. The lowest BCUT2D eigenvalue weighted by atomic mass is 10.1. The van der Waals surface area contributed by atoms with E-state index >= 15 is 0 Å². The van der Waals surface area contributed by atoms with E-state index in [0.717, 1.165) is 32.1 Å². The third kappa shape index (κ3) is 11.8. The molecule has 23 heavy (non-hydrogen) atoms. The first kappa shape index (κ1) is 19.7. The Balaban J connectivity index is 1.91. The van der Waals surface area contributed by atoms with Gasteiger partial charge in [-0.25, -0.2) is 0 Å². The average molecular weight is 320 g/mol. The van der Waals surface area contributed by atoms with Crippen molar-refractivity contribution in [1.29, 1.82) is 0 Å². The van der Waals surface area contributed by atoms with E-state index in [-0.39, 0.29) is 6.42 Å². The maximum absolute atomic E-state index is 10.3. The van der Waals surface area contributed by atoms with Crippen molar-refractivity contribution >= 4 is 5.97 Å². The molecule has 0 bridgehead atoms. The Morgan fingerprint density at radius 3 is 2.48 bits per heavy atom. The zero-order valence-corrected chi connectivity index (χ0v) is 14.5. The highest BCUT2D eigenvalue weighted by Crippen LogP contribution is 2.28. The number of allylic oxidation sites excluding steroid dienone is 5. The second-order valence-corrected chi connectivity index (χ2v) is 6.10. The fraction of sp³-hybridized carbons (Fsp3) is 0.650. The van der Waals surface area contributed by atoms with Gasteiger partial charge in [-0.2, -0.15) is 0 Å². The van der Waals surface area contributed by atoms with Crippen LogP contribution in [0.5, 0.6) is 0 Å². The molecular formula is C20H32O3. The van der Waals surface area contributed by atoms with E-state index in [1.54, 1.807) is 0 Å². The van der Waals surface area contributed by atoms with Gasteiger partial charge in [-0.05, 0) is 44.9 Å². The maximum Gasteiger partial charge on any atom is 0.303 e. The second-order valence-electron chi connectivity index (χ2n) is 6.10. The SMILES string of the molecule is CCCCCC=CC1OC1CCC=CCC=CCCCC(=O)O. The Bertz CT molecular complexity index is 396. The summed E-state index contributed by atoms with van der Waals surface area (Å²) in [4.78, 5) is 10.3. The van der Waals surface area contributed by atoms with Crippen molar-refractivity contribution in [3.8, 4) is 0 Å². The molecule has 0 aromatic heterocycles. The van der Waals surface area contributed by atoms with Crippen LogP contribution in [0.1, 0.15) is 71.1 Å². The Kier molecular flexibility index (Phi) is 11.2. The number of unbranched alkanes of at least 4 members (excludes halogenated alkanes) is 4. The number of carbonyl (C=O) groups is 1. The first-order chi connectivity index (χ1) is 11.2. The number of carboxylic acid groups (broad SMARTS) is 1. The fourth-order valence-electron chi connectivity index (χ4n) is 2.44. The molecule has 2 unspecified atom stereocenters. The summed E-state index contributed by atoms with van der Waals surface area (Å²) in [5.41, 5.74) is 0. The highest BCUT2D eigenvalue weighted by Gasteiger charge is 2.34. The minimum absolute atomic E-state index is 0.260. The van der Waals surface area contributed by atoms with Gasteiger partial charge in [-0.3, -0.25) is 4.79 Å². The van der Waals surface area contributed by atoms with E-state index in [1.165, 1.54) is 25.7 Å². The monoisotopic (exact) mass is 320 g/mol. The molecule has 1 aliphatic rings. The van der Waals surface area contributed by atoms with Gasteiger partial charge in [0.2, 0.25) is 0 Å². The first-order valence-corrected chi connectivity index (χ1v) is 9.08. The number of carboxylic acids is 1. The maximum atomic E-state index is 10.3. The molecule has 3 heteroatoms. The number of epoxide rings is 1. The summed E-state index contributed by atoms with van der Waals surface area (Å²) >= 11 is 0. The second kappa shape index (κ2) is 13.1. The summed E-state index contributed by atoms with van der Waals surface area (Å²) in [5, 5.41) is 8.51. The van der Waals surface area contributed by atoms with Crippen LogP contribution >= 0.6 is 0 Å². The molecule has 0 aliphatic carbocycles. The topological polar surface area (TPSA) is 49.8 Å². The zero-order valence-electron chi connectivity index (χ0n) is 14.5. The average Bonchev–Trinajstić information content (AvgIpc) is 3.27. The molecule has 0 amide bonds. The van der Waals surface area contributed by atoms with Gasteiger partial charge in [0.25, 0.3) is 0 Å². The van der Waals surface area contributed by atoms with Crippen molar-refractivity contribution in [2.45, 2.75) is 83.3 Å². The van der Waals surface area contributed by atoms with Crippen molar-refractivity contribution in [1.82, 2.24) is 0 Å². The van der Waals surface area contributed by atoms with Gasteiger partial charge in [-0.15, -0.1) is 0 Å². The molecule has 0 saturated carbocycles. The fourth-order valence-corrected chi connectivity index (χ4v) is 2.44. The quantitative estimate of drug-likeness (QED) is 0.264. The van der Waals surface area contributed by atoms with Crippen LogP contribution in [0.15, 0.2) is 36.5 Å². The van der Waals surface area contributed by atoms with Crippen molar-refractivity contribution in [2.24, 2.45) is 0 Å². The van der Waals surface area contributed by atoms with Crippen LogP contribution in [0.2, 0.25) is 0 Å². The van der Waals surface area contributed by atoms with Crippen LogP contribution in [0.3, 0.4) is 0 Å². The molecule has 1 heterocycles. The van der Waals surface area contributed by atoms with E-state index in [1.807, 2.05) is 0 Å². The molecule has 0 aromatic rings. The normalized spacial score (nSPS) is 20.9. The predicted octanol–water partition coefficient (Wildman–Crippen LogP) is 5.43. The van der Waals surface area contributed by atoms with E-state index < -0.39 is 5.97 Å². The number of hydrogen-bond donors (Lipinski definition) is 1. The van der Waals surface area contributed by atoms with E-state index in [2.05, 4.69) is 43.4 Å². The van der Waals surface area contributed by atoms with Crippen molar-refractivity contribution in [3.05, 3.63) is 36.5 Å². The van der Waals surface area contributed by atoms with Gasteiger partial charge in [0.05, 0.1) is 6.10 Å². The van der Waals surface area contributed by atoms with Gasteiger partial charge in [0, 0.05) is 6.42 Å². The number of rotatable bonds is 14. The number of hydrogen-bond acceptors (Lipinski definition) is 2. The summed E-state index contributed by atoms with van der Waals surface area (Å²) in [6, 6.07) is 0. The Hall–Kier alpha value is -1.35. The van der Waals surface area contributed by atoms with Gasteiger partial charge in [0.15, 0.2) is 0 Å². The molecule has 1 rings (SSSR count). The van der Waals surface area contributed by atoms with Gasteiger partial charge in [0.1, 0.15) is 6.10 Å². The predicted molar refractivity (Wildman–Crippen MR) is 95.6 cm³/mol. The van der Waals surface area contributed by atoms with Gasteiger partial charge < -0.3 is 9.84 Å². The Morgan fingerprint density at radius 2 is 1.74 bits per heavy atom. The van der Waals surface area contributed by atoms with Gasteiger partial charge >= 0.3 is 5.97 Å². The first-order valence-electron chi connectivity index (χ1n) is 9.08. The number of aliphatic carboxylic acids is 1. The third-order valence-corrected chi connectivity index (χ3v) is 3.91. The van der Waals surface area contributed by atoms with E-state index in [4.69, 9.17) is 9.84 Å². The minimum atomic E-state index is -0.713. The summed E-state index contributed by atoms with van der Waals surface area (Å²) < 4.78 is 5.63. The molecule has 1 saturated heterocycles. The van der Waals surface area contributed by atoms with Crippen LogP contribution in [0.4, 0.5) is 0 Å². The van der Waals surface area contributed by atoms with Crippen LogP contribution < -0.4 is 0 Å². The van der Waals surface area contributed by atoms with Crippen molar-refractivity contribution in [2.75, 3.05) is 0 Å². The van der Waals surface area contributed by atoms with Crippen molar-refractivity contribution < 1.29 is 14.6 Å². The van der Waals surface area contributed by atoms with Crippen LogP contribution in [-0.2, 0) is 9.53 Å². The lowest BCUT2D eigenvalue weighted by molar-refractivity contribution is -0.137. The molecule has 0 aromatic carbocycles. The minimum Gasteiger partial charge on any atom is -0.481 e. The van der Waals surface area contributed by atoms with Crippen LogP contribution in [0.25, 0.3) is 0 Å². The van der Waals surface area contributed by atoms with Gasteiger partial charge in [-0.1, -0.05) is 56.2 Å². The number of ether oxygens (including phenoxy) is 1. The standard InChI is InChI=1S/C20H32O3/c1-2-3-4-9-12-15-18-19(23-18)16-13-10-7-5-6-8-11-14-17-20(21)22/h6-8,10,12,15,18-19H,2-5,9,11,13-14,16-17H2,1H3,(H,21,22). The Labute approximate surface area is 141 Å². The highest BCUT2D eigenvalue weighted by molar-refractivity contribution is 5.66. The molecule has 130 valence electrons. The molecule has 3 nitrogen and oxygen atoms in total. The van der Waals surface area contributed by atoms with Crippen molar-refractivity contribution in [3.63, 3.8) is 0 Å². The summed E-state index contributed by atoms with van der Waals surface area (Å²) in [6.45, 7) is 2.23. The highest BCUT2D eigenvalue weighted by atomic mass is 16.6. The van der Waals surface area contributed by atoms with E-state index in [0.29, 0.717) is 12.2 Å².